The minimum absolute atomic E-state index is 0.119. The zero-order valence-corrected chi connectivity index (χ0v) is 11.2. The van der Waals surface area contributed by atoms with Crippen molar-refractivity contribution < 1.29 is 9.18 Å². The van der Waals surface area contributed by atoms with Crippen LogP contribution in [0.4, 0.5) is 10.1 Å². The first kappa shape index (κ1) is 13.6. The fraction of sp³-hybridized carbons (Fsp3) is 0.133. The monoisotopic (exact) mass is 277 g/mol. The van der Waals surface area contributed by atoms with Gasteiger partial charge in [-0.05, 0) is 42.3 Å². The summed E-state index contributed by atoms with van der Waals surface area (Å²) in [7, 11) is 0. The van der Waals surface area contributed by atoms with Gasteiger partial charge in [0, 0.05) is 10.6 Å². The largest absolute Gasteiger partial charge is 0.319 e. The molecule has 1 amide bonds. The van der Waals surface area contributed by atoms with Gasteiger partial charge in [0.2, 0.25) is 0 Å². The highest BCUT2D eigenvalue weighted by atomic mass is 35.5. The van der Waals surface area contributed by atoms with Gasteiger partial charge in [-0.2, -0.15) is 0 Å². The third-order valence-corrected chi connectivity index (χ3v) is 3.04. The molecular weight excluding hydrogens is 265 g/mol. The van der Waals surface area contributed by atoms with Crippen LogP contribution in [0.2, 0.25) is 5.02 Å². The molecule has 0 spiro atoms. The molecule has 0 saturated heterocycles. The second-order valence-electron chi connectivity index (χ2n) is 4.13. The second-order valence-corrected chi connectivity index (χ2v) is 4.57. The summed E-state index contributed by atoms with van der Waals surface area (Å²) in [5.74, 6) is -0.894. The summed E-state index contributed by atoms with van der Waals surface area (Å²) in [6.07, 6.45) is 0.910. The zero-order chi connectivity index (χ0) is 13.8. The highest BCUT2D eigenvalue weighted by Crippen LogP contribution is 2.19. The number of hydrogen-bond donors (Lipinski definition) is 1. The molecule has 0 heterocycles. The van der Waals surface area contributed by atoms with Crippen molar-refractivity contribution in [1.82, 2.24) is 0 Å². The summed E-state index contributed by atoms with van der Waals surface area (Å²) in [5.41, 5.74) is 1.76. The number of carbonyl (C=O) groups is 1. The van der Waals surface area contributed by atoms with Crippen LogP contribution in [-0.2, 0) is 6.42 Å². The Morgan fingerprint density at radius 1 is 1.21 bits per heavy atom. The number of hydrogen-bond acceptors (Lipinski definition) is 1. The molecule has 0 aliphatic rings. The molecule has 4 heteroatoms. The smallest absolute Gasteiger partial charge is 0.255 e. The van der Waals surface area contributed by atoms with Crippen LogP contribution in [0.25, 0.3) is 0 Å². The molecule has 0 aliphatic carbocycles. The first-order valence-corrected chi connectivity index (χ1v) is 6.33. The molecule has 0 bridgehead atoms. The van der Waals surface area contributed by atoms with E-state index in [9.17, 15) is 9.18 Å². The Morgan fingerprint density at radius 2 is 1.89 bits per heavy atom. The van der Waals surface area contributed by atoms with Crippen LogP contribution in [0.1, 0.15) is 22.8 Å². The predicted molar refractivity (Wildman–Crippen MR) is 75.2 cm³/mol. The lowest BCUT2D eigenvalue weighted by molar-refractivity contribution is 0.102. The summed E-state index contributed by atoms with van der Waals surface area (Å²) in [4.78, 5) is 11.9. The van der Waals surface area contributed by atoms with Crippen molar-refractivity contribution in [3.05, 3.63) is 64.4 Å². The van der Waals surface area contributed by atoms with Gasteiger partial charge in [0.25, 0.3) is 5.91 Å². The van der Waals surface area contributed by atoms with Crippen LogP contribution < -0.4 is 5.32 Å². The molecule has 98 valence electrons. The van der Waals surface area contributed by atoms with E-state index in [1.165, 1.54) is 12.1 Å². The van der Waals surface area contributed by atoms with Crippen LogP contribution in [-0.4, -0.2) is 5.91 Å². The highest BCUT2D eigenvalue weighted by molar-refractivity contribution is 6.30. The van der Waals surface area contributed by atoms with Crippen LogP contribution >= 0.6 is 11.6 Å². The summed E-state index contributed by atoms with van der Waals surface area (Å²) in [5, 5.41) is 2.81. The molecule has 0 aliphatic heterocycles. The maximum Gasteiger partial charge on any atom is 0.255 e. The van der Waals surface area contributed by atoms with Crippen molar-refractivity contribution in [3.63, 3.8) is 0 Å². The van der Waals surface area contributed by atoms with Gasteiger partial charge >= 0.3 is 0 Å². The summed E-state index contributed by atoms with van der Waals surface area (Å²) < 4.78 is 13.5. The zero-order valence-electron chi connectivity index (χ0n) is 10.4. The van der Waals surface area contributed by atoms with Crippen molar-refractivity contribution in [2.45, 2.75) is 13.3 Å². The van der Waals surface area contributed by atoms with E-state index in [-0.39, 0.29) is 11.6 Å². The number of benzene rings is 2. The Bertz CT molecular complexity index is 596. The Hall–Kier alpha value is -1.87. The average molecular weight is 278 g/mol. The number of carbonyl (C=O) groups excluding carboxylic acids is 1. The number of anilines is 1. The van der Waals surface area contributed by atoms with Gasteiger partial charge in [0.15, 0.2) is 0 Å². The summed E-state index contributed by atoms with van der Waals surface area (Å²) in [6, 6.07) is 11.3. The maximum absolute atomic E-state index is 13.5. The Balaban J connectivity index is 2.15. The van der Waals surface area contributed by atoms with Crippen LogP contribution in [0.15, 0.2) is 42.5 Å². The van der Waals surface area contributed by atoms with Gasteiger partial charge in [-0.1, -0.05) is 30.7 Å². The number of halogens is 2. The Kier molecular flexibility index (Phi) is 4.17. The first-order chi connectivity index (χ1) is 9.10. The standard InChI is InChI=1S/C15H13ClFNO/c1-2-10-3-5-11(6-4-10)15(19)18-14-8-7-12(16)9-13(14)17/h3-9H,2H2,1H3,(H,18,19). The normalized spacial score (nSPS) is 10.3. The molecule has 0 unspecified atom stereocenters. The van der Waals surface area contributed by atoms with Gasteiger partial charge < -0.3 is 5.32 Å². The molecule has 1 N–H and O–H groups in total. The molecule has 0 saturated carbocycles. The fourth-order valence-corrected chi connectivity index (χ4v) is 1.84. The first-order valence-electron chi connectivity index (χ1n) is 5.95. The van der Waals surface area contributed by atoms with Gasteiger partial charge in [0.1, 0.15) is 5.82 Å². The third-order valence-electron chi connectivity index (χ3n) is 2.80. The van der Waals surface area contributed by atoms with Crippen molar-refractivity contribution in [3.8, 4) is 0 Å². The average Bonchev–Trinajstić information content (AvgIpc) is 2.42. The lowest BCUT2D eigenvalue weighted by Crippen LogP contribution is -2.12. The molecule has 0 atom stereocenters. The van der Waals surface area contributed by atoms with Crippen LogP contribution in [0.3, 0.4) is 0 Å². The van der Waals surface area contributed by atoms with E-state index in [0.29, 0.717) is 10.6 Å². The maximum atomic E-state index is 13.5. The lowest BCUT2D eigenvalue weighted by Gasteiger charge is -2.07. The second kappa shape index (κ2) is 5.85. The van der Waals surface area contributed by atoms with Gasteiger partial charge in [-0.15, -0.1) is 0 Å². The molecule has 2 aromatic rings. The van der Waals surface area contributed by atoms with E-state index in [1.807, 2.05) is 19.1 Å². The topological polar surface area (TPSA) is 29.1 Å². The Morgan fingerprint density at radius 3 is 2.47 bits per heavy atom. The van der Waals surface area contributed by atoms with E-state index < -0.39 is 5.82 Å². The van der Waals surface area contributed by atoms with Crippen LogP contribution in [0.5, 0.6) is 0 Å². The molecule has 19 heavy (non-hydrogen) atoms. The summed E-state index contributed by atoms with van der Waals surface area (Å²) in [6.45, 7) is 2.04. The number of aryl methyl sites for hydroxylation is 1. The third kappa shape index (κ3) is 3.32. The lowest BCUT2D eigenvalue weighted by atomic mass is 10.1. The van der Waals surface area contributed by atoms with Crippen molar-refractivity contribution in [2.24, 2.45) is 0 Å². The van der Waals surface area contributed by atoms with Crippen molar-refractivity contribution >= 4 is 23.2 Å². The van der Waals surface area contributed by atoms with E-state index in [4.69, 9.17) is 11.6 Å². The molecule has 0 radical (unpaired) electrons. The molecule has 2 rings (SSSR count). The van der Waals surface area contributed by atoms with Crippen molar-refractivity contribution in [2.75, 3.05) is 5.32 Å². The van der Waals surface area contributed by atoms with Gasteiger partial charge in [-0.3, -0.25) is 4.79 Å². The number of amides is 1. The number of nitrogens with one attached hydrogen (secondary N) is 1. The molecule has 0 fully saturated rings. The van der Waals surface area contributed by atoms with Gasteiger partial charge in [-0.25, -0.2) is 4.39 Å². The van der Waals surface area contributed by atoms with Gasteiger partial charge in [0.05, 0.1) is 5.69 Å². The highest BCUT2D eigenvalue weighted by Gasteiger charge is 2.09. The molecular formula is C15H13ClFNO. The fourth-order valence-electron chi connectivity index (χ4n) is 1.68. The van der Waals surface area contributed by atoms with E-state index in [0.717, 1.165) is 18.1 Å². The van der Waals surface area contributed by atoms with Crippen LogP contribution in [0, 0.1) is 5.82 Å². The van der Waals surface area contributed by atoms with E-state index in [1.54, 1.807) is 12.1 Å². The molecule has 2 nitrogen and oxygen atoms in total. The number of rotatable bonds is 3. The Labute approximate surface area is 116 Å². The molecule has 0 aromatic heterocycles. The predicted octanol–water partition coefficient (Wildman–Crippen LogP) is 4.29. The SMILES string of the molecule is CCc1ccc(C(=O)Nc2ccc(Cl)cc2F)cc1. The minimum Gasteiger partial charge on any atom is -0.319 e. The molecule has 2 aromatic carbocycles. The van der Waals surface area contributed by atoms with E-state index in [2.05, 4.69) is 5.32 Å². The summed E-state index contributed by atoms with van der Waals surface area (Å²) >= 11 is 5.65. The van der Waals surface area contributed by atoms with Crippen molar-refractivity contribution in [1.29, 1.82) is 0 Å². The minimum atomic E-state index is -0.550. The quantitative estimate of drug-likeness (QED) is 0.891. The van der Waals surface area contributed by atoms with E-state index >= 15 is 0 Å².